The van der Waals surface area contributed by atoms with Crippen LogP contribution in [0.4, 0.5) is 13.2 Å². The number of aromatic nitrogens is 3. The summed E-state index contributed by atoms with van der Waals surface area (Å²) in [7, 11) is 0. The smallest absolute Gasteiger partial charge is 0.416 e. The second-order valence-electron chi connectivity index (χ2n) is 5.81. The second kappa shape index (κ2) is 8.76. The number of carbonyl (C=O) groups is 1. The van der Waals surface area contributed by atoms with Gasteiger partial charge in [0, 0.05) is 18.0 Å². The Kier molecular flexibility index (Phi) is 6.14. The van der Waals surface area contributed by atoms with E-state index in [1.807, 2.05) is 13.8 Å². The molecule has 7 nitrogen and oxygen atoms in total. The molecule has 1 N–H and O–H groups in total. The van der Waals surface area contributed by atoms with Gasteiger partial charge in [-0.15, -0.1) is 10.2 Å². The summed E-state index contributed by atoms with van der Waals surface area (Å²) in [5.74, 6) is 0.695. The van der Waals surface area contributed by atoms with Gasteiger partial charge in [-0.05, 0) is 36.4 Å². The molecular formula is C20H18F3N5O2. The van der Waals surface area contributed by atoms with Crippen molar-refractivity contribution in [3.63, 3.8) is 0 Å². The van der Waals surface area contributed by atoms with E-state index < -0.39 is 11.7 Å². The molecule has 0 radical (unpaired) electrons. The summed E-state index contributed by atoms with van der Waals surface area (Å²) in [6.45, 7) is 4.40. The number of hydrogen-bond donors (Lipinski definition) is 1. The molecule has 0 unspecified atom stereocenters. The van der Waals surface area contributed by atoms with E-state index in [1.54, 1.807) is 24.5 Å². The zero-order valence-electron chi connectivity index (χ0n) is 16.1. The monoisotopic (exact) mass is 417 g/mol. The topological polar surface area (TPSA) is 80.9 Å². The lowest BCUT2D eigenvalue weighted by atomic mass is 10.2. The second-order valence-corrected chi connectivity index (χ2v) is 5.81. The lowest BCUT2D eigenvalue weighted by molar-refractivity contribution is -0.137. The van der Waals surface area contributed by atoms with Gasteiger partial charge < -0.3 is 10.1 Å². The first kappa shape index (κ1) is 21.0. The number of aldehydes is 1. The molecule has 0 saturated carbocycles. The van der Waals surface area contributed by atoms with Crippen molar-refractivity contribution < 1.29 is 22.7 Å². The van der Waals surface area contributed by atoms with E-state index in [-0.39, 0.29) is 11.6 Å². The molecule has 0 saturated heterocycles. The minimum atomic E-state index is -4.41. The number of carbonyl (C=O) groups excluding carboxylic acids is 1. The molecule has 3 heterocycles. The standard InChI is InChI=1S/C18H12F3N5O2.C2H6/c19-18(20,21)12-1-3-13(4-2-12)28-17-16(22-6-7-23-17)11-5-8-26-14(9-11)24-25-15(26)10-27;1-2/h1-6,8-10,23H,7H2;1-2H3. The molecule has 3 aromatic rings. The molecule has 0 atom stereocenters. The molecule has 2 aromatic heterocycles. The number of pyridine rings is 1. The van der Waals surface area contributed by atoms with Gasteiger partial charge in [0.1, 0.15) is 11.4 Å². The Labute approximate surface area is 169 Å². The van der Waals surface area contributed by atoms with E-state index in [1.165, 1.54) is 16.5 Å². The Bertz CT molecular complexity index is 1100. The molecular weight excluding hydrogens is 399 g/mol. The molecule has 0 spiro atoms. The molecule has 1 aliphatic rings. The van der Waals surface area contributed by atoms with E-state index in [0.29, 0.717) is 35.6 Å². The average Bonchev–Trinajstić information content (AvgIpc) is 3.18. The molecule has 1 aliphatic heterocycles. The fraction of sp³-hybridized carbons (Fsp3) is 0.200. The maximum Gasteiger partial charge on any atom is 0.416 e. The highest BCUT2D eigenvalue weighted by atomic mass is 19.4. The van der Waals surface area contributed by atoms with Crippen LogP contribution in [0.15, 0.2) is 53.5 Å². The maximum absolute atomic E-state index is 12.7. The minimum absolute atomic E-state index is 0.169. The zero-order valence-corrected chi connectivity index (χ0v) is 16.1. The Morgan fingerprint density at radius 1 is 1.13 bits per heavy atom. The first-order chi connectivity index (χ1) is 14.5. The van der Waals surface area contributed by atoms with Crippen LogP contribution in [-0.2, 0) is 6.18 Å². The Balaban J connectivity index is 0.00000124. The van der Waals surface area contributed by atoms with Crippen LogP contribution in [0.2, 0.25) is 0 Å². The zero-order chi connectivity index (χ0) is 21.7. The van der Waals surface area contributed by atoms with Gasteiger partial charge in [0.2, 0.25) is 11.7 Å². The average molecular weight is 417 g/mol. The molecule has 10 heteroatoms. The quantitative estimate of drug-likeness (QED) is 0.650. The van der Waals surface area contributed by atoms with Crippen molar-refractivity contribution in [1.82, 2.24) is 19.9 Å². The first-order valence-electron chi connectivity index (χ1n) is 9.12. The van der Waals surface area contributed by atoms with Crippen molar-refractivity contribution in [3.05, 3.63) is 65.4 Å². The van der Waals surface area contributed by atoms with Crippen LogP contribution in [0.3, 0.4) is 0 Å². The number of aliphatic imine (C=N–C) groups is 1. The molecule has 0 fully saturated rings. The van der Waals surface area contributed by atoms with E-state index in [9.17, 15) is 18.0 Å². The molecule has 0 amide bonds. The number of fused-ring (bicyclic) bond motifs is 1. The first-order valence-corrected chi connectivity index (χ1v) is 9.12. The van der Waals surface area contributed by atoms with E-state index >= 15 is 0 Å². The Morgan fingerprint density at radius 2 is 1.87 bits per heavy atom. The van der Waals surface area contributed by atoms with Crippen molar-refractivity contribution in [2.24, 2.45) is 4.99 Å². The lowest BCUT2D eigenvalue weighted by Gasteiger charge is -2.18. The highest BCUT2D eigenvalue weighted by Gasteiger charge is 2.30. The lowest BCUT2D eigenvalue weighted by Crippen LogP contribution is -2.24. The third kappa shape index (κ3) is 4.32. The molecule has 1 aromatic carbocycles. The Hall–Kier alpha value is -3.69. The van der Waals surface area contributed by atoms with Gasteiger partial charge in [-0.2, -0.15) is 13.2 Å². The van der Waals surface area contributed by atoms with Crippen molar-refractivity contribution in [2.45, 2.75) is 20.0 Å². The summed E-state index contributed by atoms with van der Waals surface area (Å²) in [5, 5.41) is 10.7. The number of rotatable bonds is 4. The fourth-order valence-electron chi connectivity index (χ4n) is 2.67. The van der Waals surface area contributed by atoms with Gasteiger partial charge in [-0.25, -0.2) is 0 Å². The number of benzene rings is 1. The van der Waals surface area contributed by atoms with Crippen LogP contribution in [0.25, 0.3) is 11.3 Å². The number of halogens is 3. The van der Waals surface area contributed by atoms with Crippen LogP contribution < -0.4 is 10.1 Å². The van der Waals surface area contributed by atoms with Crippen molar-refractivity contribution >= 4 is 23.8 Å². The molecule has 30 heavy (non-hydrogen) atoms. The minimum Gasteiger partial charge on any atom is -0.439 e. The number of nitrogens with zero attached hydrogens (tertiary/aromatic N) is 4. The van der Waals surface area contributed by atoms with Crippen molar-refractivity contribution in [2.75, 3.05) is 6.54 Å². The third-order valence-corrected chi connectivity index (χ3v) is 4.01. The van der Waals surface area contributed by atoms with Gasteiger partial charge >= 0.3 is 6.18 Å². The van der Waals surface area contributed by atoms with E-state index in [4.69, 9.17) is 4.74 Å². The summed E-state index contributed by atoms with van der Waals surface area (Å²) in [4.78, 5) is 15.3. The van der Waals surface area contributed by atoms with Gasteiger partial charge in [-0.3, -0.25) is 14.2 Å². The van der Waals surface area contributed by atoms with Crippen LogP contribution in [0, 0.1) is 0 Å². The third-order valence-electron chi connectivity index (χ3n) is 4.01. The van der Waals surface area contributed by atoms with Crippen LogP contribution in [-0.4, -0.2) is 33.6 Å². The predicted molar refractivity (Wildman–Crippen MR) is 105 cm³/mol. The SMILES string of the molecule is CC.O=Cc1nnc2cc(C3=C(Oc4ccc(C(F)(F)F)cc4)NCC=N3)ccn12. The van der Waals surface area contributed by atoms with Gasteiger partial charge in [-0.1, -0.05) is 13.8 Å². The number of nitrogens with one attached hydrogen (secondary N) is 1. The van der Waals surface area contributed by atoms with Gasteiger partial charge in [0.25, 0.3) is 0 Å². The molecule has 0 bridgehead atoms. The van der Waals surface area contributed by atoms with Gasteiger partial charge in [0.15, 0.2) is 11.9 Å². The fourth-order valence-corrected chi connectivity index (χ4v) is 2.67. The van der Waals surface area contributed by atoms with Crippen LogP contribution in [0.1, 0.15) is 35.6 Å². The van der Waals surface area contributed by atoms with Crippen LogP contribution in [0.5, 0.6) is 5.75 Å². The molecule has 4 rings (SSSR count). The molecule has 156 valence electrons. The summed E-state index contributed by atoms with van der Waals surface area (Å²) < 4.78 is 45.3. The normalized spacial score (nSPS) is 13.5. The number of alkyl halides is 3. The number of ether oxygens (including phenoxy) is 1. The van der Waals surface area contributed by atoms with Crippen LogP contribution >= 0.6 is 0 Å². The van der Waals surface area contributed by atoms with Crippen molar-refractivity contribution in [3.8, 4) is 5.75 Å². The predicted octanol–water partition coefficient (Wildman–Crippen LogP) is 3.97. The number of hydrogen-bond acceptors (Lipinski definition) is 6. The summed E-state index contributed by atoms with van der Waals surface area (Å²) in [6, 6.07) is 7.77. The highest BCUT2D eigenvalue weighted by molar-refractivity contribution is 5.80. The summed E-state index contributed by atoms with van der Waals surface area (Å²) >= 11 is 0. The van der Waals surface area contributed by atoms with E-state index in [2.05, 4.69) is 20.5 Å². The maximum atomic E-state index is 12.7. The summed E-state index contributed by atoms with van der Waals surface area (Å²) in [5.41, 5.74) is 0.778. The highest BCUT2D eigenvalue weighted by Crippen LogP contribution is 2.31. The molecule has 0 aliphatic carbocycles. The summed E-state index contributed by atoms with van der Waals surface area (Å²) in [6.07, 6.45) is -0.552. The largest absolute Gasteiger partial charge is 0.439 e. The van der Waals surface area contributed by atoms with E-state index in [0.717, 1.165) is 12.1 Å². The Morgan fingerprint density at radius 3 is 2.53 bits per heavy atom. The van der Waals surface area contributed by atoms with Gasteiger partial charge in [0.05, 0.1) is 12.1 Å². The van der Waals surface area contributed by atoms with Crippen molar-refractivity contribution in [1.29, 1.82) is 0 Å².